The maximum absolute atomic E-state index is 13.0. The lowest BCUT2D eigenvalue weighted by atomic mass is 9.47. The van der Waals surface area contributed by atoms with Gasteiger partial charge in [-0.1, -0.05) is 25.5 Å². The Labute approximate surface area is 143 Å². The number of halogens is 1. The minimum atomic E-state index is -0.809. The van der Waals surface area contributed by atoms with E-state index in [9.17, 15) is 14.0 Å². The second-order valence-corrected chi connectivity index (χ2v) is 8.88. The number of hydrogen-bond donors (Lipinski definition) is 0. The van der Waals surface area contributed by atoms with E-state index in [1.54, 1.807) is 6.08 Å². The monoisotopic (exact) mass is 330 g/mol. The molecule has 0 amide bonds. The summed E-state index contributed by atoms with van der Waals surface area (Å²) >= 11 is 0. The number of Topliss-reactive ketones (excluding diaryl/α,β-unsaturated/α-hetero) is 1. The Kier molecular flexibility index (Phi) is 3.63. The van der Waals surface area contributed by atoms with Crippen molar-refractivity contribution < 1.29 is 14.0 Å². The van der Waals surface area contributed by atoms with Crippen molar-refractivity contribution in [3.05, 3.63) is 23.8 Å². The molecule has 0 unspecified atom stereocenters. The van der Waals surface area contributed by atoms with Crippen LogP contribution in [0.5, 0.6) is 0 Å². The Bertz CT molecular complexity index is 648. The number of fused-ring (bicyclic) bond motifs is 5. The van der Waals surface area contributed by atoms with Crippen LogP contribution in [-0.2, 0) is 9.59 Å². The van der Waals surface area contributed by atoms with E-state index in [4.69, 9.17) is 0 Å². The molecule has 0 aromatic heterocycles. The number of ketones is 2. The second kappa shape index (κ2) is 5.37. The third kappa shape index (κ3) is 2.06. The van der Waals surface area contributed by atoms with Crippen LogP contribution >= 0.6 is 0 Å². The van der Waals surface area contributed by atoms with E-state index >= 15 is 0 Å². The lowest BCUT2D eigenvalue weighted by Gasteiger charge is -2.56. The molecule has 0 radical (unpaired) electrons. The maximum Gasteiger partial charge on any atom is 0.178 e. The second-order valence-electron chi connectivity index (χ2n) is 8.88. The van der Waals surface area contributed by atoms with E-state index in [2.05, 4.69) is 19.9 Å². The van der Waals surface area contributed by atoms with Crippen molar-refractivity contribution in [1.29, 1.82) is 0 Å². The number of carbonyl (C=O) groups excluding carboxylic acids is 2. The fourth-order valence-corrected chi connectivity index (χ4v) is 6.82. The van der Waals surface area contributed by atoms with Crippen molar-refractivity contribution in [1.82, 2.24) is 0 Å². The highest BCUT2D eigenvalue weighted by Crippen LogP contribution is 2.66. The molecular weight excluding hydrogens is 303 g/mol. The number of rotatable bonds is 2. The summed E-state index contributed by atoms with van der Waals surface area (Å²) in [5, 5.41) is 0. The van der Waals surface area contributed by atoms with Gasteiger partial charge in [-0.25, -0.2) is 4.39 Å². The molecule has 0 aromatic carbocycles. The first-order valence-corrected chi connectivity index (χ1v) is 9.43. The Hall–Kier alpha value is -1.25. The Balaban J connectivity index is 1.66. The van der Waals surface area contributed by atoms with Gasteiger partial charge in [0.15, 0.2) is 11.6 Å². The Morgan fingerprint density at radius 3 is 2.75 bits per heavy atom. The maximum atomic E-state index is 13.0. The van der Waals surface area contributed by atoms with Gasteiger partial charge in [0.2, 0.25) is 0 Å². The first-order valence-electron chi connectivity index (χ1n) is 9.43. The normalized spacial score (nSPS) is 46.8. The van der Waals surface area contributed by atoms with Crippen molar-refractivity contribution in [2.75, 3.05) is 6.67 Å². The van der Waals surface area contributed by atoms with Crippen LogP contribution in [0.3, 0.4) is 0 Å². The van der Waals surface area contributed by atoms with Gasteiger partial charge >= 0.3 is 0 Å². The average molecular weight is 330 g/mol. The number of alkyl halides is 1. The zero-order valence-electron chi connectivity index (χ0n) is 14.7. The van der Waals surface area contributed by atoms with E-state index in [1.165, 1.54) is 5.57 Å². The molecule has 6 atom stereocenters. The largest absolute Gasteiger partial charge is 0.296 e. The quantitative estimate of drug-likeness (QED) is 0.749. The molecule has 3 fully saturated rings. The summed E-state index contributed by atoms with van der Waals surface area (Å²) in [6.07, 6.45) is 11.9. The van der Waals surface area contributed by atoms with Crippen LogP contribution < -0.4 is 0 Å². The van der Waals surface area contributed by atoms with Crippen molar-refractivity contribution in [3.63, 3.8) is 0 Å². The number of allylic oxidation sites excluding steroid dienone is 4. The van der Waals surface area contributed by atoms with Crippen molar-refractivity contribution in [3.8, 4) is 0 Å². The third-order valence-electron chi connectivity index (χ3n) is 8.08. The van der Waals surface area contributed by atoms with Crippen LogP contribution in [-0.4, -0.2) is 18.2 Å². The van der Waals surface area contributed by atoms with Gasteiger partial charge in [0.25, 0.3) is 0 Å². The molecule has 130 valence electrons. The first-order chi connectivity index (χ1) is 11.4. The minimum Gasteiger partial charge on any atom is -0.296 e. The van der Waals surface area contributed by atoms with Gasteiger partial charge in [0.1, 0.15) is 6.67 Å². The molecular formula is C21H27FO2. The summed E-state index contributed by atoms with van der Waals surface area (Å²) in [5.74, 6) is 1.54. The topological polar surface area (TPSA) is 34.1 Å². The molecule has 24 heavy (non-hydrogen) atoms. The van der Waals surface area contributed by atoms with Gasteiger partial charge < -0.3 is 0 Å². The molecule has 4 aliphatic rings. The number of hydrogen-bond acceptors (Lipinski definition) is 2. The molecule has 3 saturated carbocycles. The first kappa shape index (κ1) is 16.2. The molecule has 0 aromatic rings. The van der Waals surface area contributed by atoms with Crippen molar-refractivity contribution in [2.45, 2.75) is 52.4 Å². The van der Waals surface area contributed by atoms with Crippen LogP contribution in [0.25, 0.3) is 0 Å². The van der Waals surface area contributed by atoms with Gasteiger partial charge in [0, 0.05) is 11.3 Å². The molecule has 4 rings (SSSR count). The van der Waals surface area contributed by atoms with Crippen LogP contribution in [0, 0.1) is 34.5 Å². The molecule has 0 N–H and O–H groups in total. The SMILES string of the molecule is C[C@]12CC[C@H]3[C@@H](CCC4=CC(=O)C=C[C@@]43C)[C@@H]1CC[C@@H]2C(=O)CF. The van der Waals surface area contributed by atoms with E-state index in [1.807, 2.05) is 6.08 Å². The third-order valence-corrected chi connectivity index (χ3v) is 8.08. The minimum absolute atomic E-state index is 0.000339. The zero-order chi connectivity index (χ0) is 17.1. The predicted molar refractivity (Wildman–Crippen MR) is 91.1 cm³/mol. The van der Waals surface area contributed by atoms with Crippen LogP contribution in [0.4, 0.5) is 4.39 Å². The predicted octanol–water partition coefficient (Wildman–Crippen LogP) is 4.45. The van der Waals surface area contributed by atoms with E-state index < -0.39 is 6.67 Å². The fourth-order valence-electron chi connectivity index (χ4n) is 6.82. The van der Waals surface area contributed by atoms with Crippen LogP contribution in [0.1, 0.15) is 52.4 Å². The summed E-state index contributed by atoms with van der Waals surface area (Å²) in [4.78, 5) is 23.9. The van der Waals surface area contributed by atoms with Crippen molar-refractivity contribution >= 4 is 11.6 Å². The molecule has 2 nitrogen and oxygen atoms in total. The van der Waals surface area contributed by atoms with Crippen LogP contribution in [0.15, 0.2) is 23.8 Å². The highest BCUT2D eigenvalue weighted by atomic mass is 19.1. The average Bonchev–Trinajstić information content (AvgIpc) is 2.92. The van der Waals surface area contributed by atoms with E-state index in [-0.39, 0.29) is 28.3 Å². The van der Waals surface area contributed by atoms with Gasteiger partial charge in [-0.3, -0.25) is 9.59 Å². The summed E-state index contributed by atoms with van der Waals surface area (Å²) in [5.41, 5.74) is 1.28. The lowest BCUT2D eigenvalue weighted by molar-refractivity contribution is -0.130. The number of carbonyl (C=O) groups is 2. The van der Waals surface area contributed by atoms with E-state index in [0.717, 1.165) is 38.5 Å². The standard InChI is InChI=1S/C21H27FO2/c1-20-9-7-14(23)11-13(20)3-4-15-16-5-6-18(19(24)12-22)21(16,2)10-8-17(15)20/h7,9,11,15-18H,3-6,8,10,12H2,1-2H3/t15-,16-,17-,18+,20-,21-/m0/s1. The molecule has 3 heteroatoms. The summed E-state index contributed by atoms with van der Waals surface area (Å²) in [6.45, 7) is 3.73. The summed E-state index contributed by atoms with van der Waals surface area (Å²) in [6, 6.07) is 0. The highest BCUT2D eigenvalue weighted by Gasteiger charge is 2.59. The van der Waals surface area contributed by atoms with Crippen LogP contribution in [0.2, 0.25) is 0 Å². The van der Waals surface area contributed by atoms with Gasteiger partial charge in [-0.05, 0) is 73.8 Å². The molecule has 0 heterocycles. The Morgan fingerprint density at radius 1 is 1.21 bits per heavy atom. The van der Waals surface area contributed by atoms with E-state index in [0.29, 0.717) is 17.8 Å². The molecule has 4 aliphatic carbocycles. The van der Waals surface area contributed by atoms with Gasteiger partial charge in [-0.2, -0.15) is 0 Å². The molecule has 0 bridgehead atoms. The molecule has 0 saturated heterocycles. The molecule has 0 spiro atoms. The molecule has 0 aliphatic heterocycles. The summed E-state index contributed by atoms with van der Waals surface area (Å²) < 4.78 is 13.0. The highest BCUT2D eigenvalue weighted by molar-refractivity contribution is 6.01. The van der Waals surface area contributed by atoms with Gasteiger partial charge in [-0.15, -0.1) is 0 Å². The lowest BCUT2D eigenvalue weighted by Crippen LogP contribution is -2.50. The fraction of sp³-hybridized carbons (Fsp3) is 0.714. The van der Waals surface area contributed by atoms with Gasteiger partial charge in [0.05, 0.1) is 0 Å². The Morgan fingerprint density at radius 2 is 2.00 bits per heavy atom. The zero-order valence-corrected chi connectivity index (χ0v) is 14.7. The smallest absolute Gasteiger partial charge is 0.178 e. The van der Waals surface area contributed by atoms with Crippen molar-refractivity contribution in [2.24, 2.45) is 34.5 Å². The summed E-state index contributed by atoms with van der Waals surface area (Å²) in [7, 11) is 0.